The highest BCUT2D eigenvalue weighted by atomic mass is 16.5. The van der Waals surface area contributed by atoms with Crippen LogP contribution in [0.1, 0.15) is 0 Å². The predicted molar refractivity (Wildman–Crippen MR) is 59.1 cm³/mol. The average Bonchev–Trinajstić information content (AvgIpc) is 2.33. The maximum absolute atomic E-state index is 11.1. The molecule has 0 radical (unpaired) electrons. The van der Waals surface area contributed by atoms with Crippen LogP contribution in [0, 0.1) is 0 Å². The number of anilines is 1. The van der Waals surface area contributed by atoms with Crippen LogP contribution in [-0.2, 0) is 0 Å². The van der Waals surface area contributed by atoms with Gasteiger partial charge in [-0.2, -0.15) is 4.98 Å². The summed E-state index contributed by atoms with van der Waals surface area (Å²) in [5.74, 6) is 0. The van der Waals surface area contributed by atoms with Gasteiger partial charge >= 0.3 is 6.01 Å². The van der Waals surface area contributed by atoms with Crippen molar-refractivity contribution in [3.63, 3.8) is 0 Å². The number of nitrogens with two attached hydrogens (primary N) is 1. The number of nitrogens with zero attached hydrogens (tertiary/aromatic N) is 2. The van der Waals surface area contributed by atoms with Crippen LogP contribution in [0.25, 0.3) is 11.3 Å². The number of ether oxygens (including phenoxy) is 1. The van der Waals surface area contributed by atoms with Crippen LogP contribution in [0.5, 0.6) is 6.01 Å². The summed E-state index contributed by atoms with van der Waals surface area (Å²) in [4.78, 5) is 21.6. The second kappa shape index (κ2) is 4.01. The second-order valence-electron chi connectivity index (χ2n) is 3.10. The van der Waals surface area contributed by atoms with Crippen molar-refractivity contribution in [3.05, 3.63) is 34.9 Å². The molecule has 0 bridgehead atoms. The second-order valence-corrected chi connectivity index (χ2v) is 3.10. The Morgan fingerprint density at radius 2 is 2.31 bits per heavy atom. The third kappa shape index (κ3) is 1.85. The Morgan fingerprint density at radius 3 is 3.00 bits per heavy atom. The molecule has 82 valence electrons. The molecule has 0 aromatic carbocycles. The molecule has 6 nitrogen and oxygen atoms in total. The van der Waals surface area contributed by atoms with Crippen LogP contribution in [-0.4, -0.2) is 22.1 Å². The monoisotopic (exact) mass is 218 g/mol. The zero-order chi connectivity index (χ0) is 11.5. The number of nitrogen functional groups attached to an aromatic ring is 1. The average molecular weight is 218 g/mol. The van der Waals surface area contributed by atoms with Crippen molar-refractivity contribution in [1.29, 1.82) is 0 Å². The summed E-state index contributed by atoms with van der Waals surface area (Å²) in [6.07, 6.45) is 3.11. The van der Waals surface area contributed by atoms with Gasteiger partial charge in [0.05, 0.1) is 18.5 Å². The van der Waals surface area contributed by atoms with Crippen LogP contribution < -0.4 is 16.0 Å². The lowest BCUT2D eigenvalue weighted by Crippen LogP contribution is -2.10. The molecular formula is C10H10N4O2. The van der Waals surface area contributed by atoms with Crippen LogP contribution in [0.3, 0.4) is 0 Å². The van der Waals surface area contributed by atoms with Gasteiger partial charge in [-0.25, -0.2) is 4.98 Å². The first-order valence-electron chi connectivity index (χ1n) is 4.56. The zero-order valence-corrected chi connectivity index (χ0v) is 8.60. The number of methoxy groups -OCH3 is 1. The first kappa shape index (κ1) is 10.2. The van der Waals surface area contributed by atoms with Gasteiger partial charge in [0.15, 0.2) is 0 Å². The molecule has 3 N–H and O–H groups in total. The quantitative estimate of drug-likeness (QED) is 0.762. The van der Waals surface area contributed by atoms with E-state index in [1.807, 2.05) is 0 Å². The lowest BCUT2D eigenvalue weighted by molar-refractivity contribution is 0.380. The van der Waals surface area contributed by atoms with Gasteiger partial charge < -0.3 is 15.5 Å². The highest BCUT2D eigenvalue weighted by molar-refractivity contribution is 5.61. The van der Waals surface area contributed by atoms with E-state index in [2.05, 4.69) is 15.0 Å². The zero-order valence-electron chi connectivity index (χ0n) is 8.60. The van der Waals surface area contributed by atoms with Crippen molar-refractivity contribution >= 4 is 5.69 Å². The number of rotatable bonds is 2. The molecule has 16 heavy (non-hydrogen) atoms. The topological polar surface area (TPSA) is 93.9 Å². The van der Waals surface area contributed by atoms with Gasteiger partial charge in [-0.1, -0.05) is 0 Å². The van der Waals surface area contributed by atoms with Crippen molar-refractivity contribution in [2.24, 2.45) is 0 Å². The number of hydrogen-bond donors (Lipinski definition) is 2. The van der Waals surface area contributed by atoms with E-state index in [1.165, 1.54) is 7.11 Å². The summed E-state index contributed by atoms with van der Waals surface area (Å²) >= 11 is 0. The lowest BCUT2D eigenvalue weighted by Gasteiger charge is -2.02. The van der Waals surface area contributed by atoms with Gasteiger partial charge in [-0.3, -0.25) is 4.79 Å². The van der Waals surface area contributed by atoms with E-state index < -0.39 is 0 Å². The molecule has 2 heterocycles. The van der Waals surface area contributed by atoms with E-state index in [1.54, 1.807) is 24.5 Å². The van der Waals surface area contributed by atoms with E-state index in [-0.39, 0.29) is 17.3 Å². The Kier molecular flexibility index (Phi) is 2.55. The molecule has 0 spiro atoms. The summed E-state index contributed by atoms with van der Waals surface area (Å²) in [7, 11) is 1.49. The van der Waals surface area contributed by atoms with Gasteiger partial charge in [0.25, 0.3) is 5.56 Å². The molecule has 6 heteroatoms. The largest absolute Gasteiger partial charge is 0.467 e. The standard InChI is InChI=1S/C10H10N4O2/c1-16-10-12-3-2-8(14-10)6-4-7(11)9(15)13-5-6/h2-5H,11H2,1H3,(H,13,15). The number of pyridine rings is 1. The third-order valence-corrected chi connectivity index (χ3v) is 2.04. The Bertz CT molecular complexity index is 565. The van der Waals surface area contributed by atoms with Crippen LogP contribution in [0.4, 0.5) is 5.69 Å². The van der Waals surface area contributed by atoms with Gasteiger partial charge in [-0.05, 0) is 12.1 Å². The SMILES string of the molecule is COc1nccc(-c2c[nH]c(=O)c(N)c2)n1. The Balaban J connectivity index is 2.50. The van der Waals surface area contributed by atoms with E-state index in [0.29, 0.717) is 11.3 Å². The summed E-state index contributed by atoms with van der Waals surface area (Å²) < 4.78 is 4.90. The Hall–Kier alpha value is -2.37. The van der Waals surface area contributed by atoms with E-state index in [9.17, 15) is 4.79 Å². The number of H-pyrrole nitrogens is 1. The molecule has 0 aliphatic heterocycles. The molecule has 0 saturated carbocycles. The summed E-state index contributed by atoms with van der Waals surface area (Å²) in [6.45, 7) is 0. The number of nitrogens with one attached hydrogen (secondary N) is 1. The van der Waals surface area contributed by atoms with Crippen molar-refractivity contribution in [2.45, 2.75) is 0 Å². The number of aromatic nitrogens is 3. The highest BCUT2D eigenvalue weighted by Crippen LogP contribution is 2.17. The van der Waals surface area contributed by atoms with E-state index in [0.717, 1.165) is 0 Å². The minimum Gasteiger partial charge on any atom is -0.467 e. The van der Waals surface area contributed by atoms with Crippen molar-refractivity contribution in [1.82, 2.24) is 15.0 Å². The van der Waals surface area contributed by atoms with Gasteiger partial charge in [0, 0.05) is 18.0 Å². The smallest absolute Gasteiger partial charge is 0.316 e. The van der Waals surface area contributed by atoms with Crippen molar-refractivity contribution in [2.75, 3.05) is 12.8 Å². The third-order valence-electron chi connectivity index (χ3n) is 2.04. The fourth-order valence-electron chi connectivity index (χ4n) is 1.25. The Morgan fingerprint density at radius 1 is 1.50 bits per heavy atom. The number of aromatic amines is 1. The number of hydrogen-bond acceptors (Lipinski definition) is 5. The summed E-state index contributed by atoms with van der Waals surface area (Å²) in [6, 6.07) is 3.53. The van der Waals surface area contributed by atoms with Gasteiger partial charge in [0.1, 0.15) is 0 Å². The molecule has 0 unspecified atom stereocenters. The molecule has 2 rings (SSSR count). The van der Waals surface area contributed by atoms with Crippen molar-refractivity contribution < 1.29 is 4.74 Å². The Labute approximate surface area is 91.1 Å². The lowest BCUT2D eigenvalue weighted by atomic mass is 10.2. The normalized spacial score (nSPS) is 10.1. The minimum atomic E-state index is -0.315. The maximum atomic E-state index is 11.1. The fourth-order valence-corrected chi connectivity index (χ4v) is 1.25. The van der Waals surface area contributed by atoms with Crippen LogP contribution in [0.15, 0.2) is 29.3 Å². The minimum absolute atomic E-state index is 0.148. The molecule has 2 aromatic rings. The molecule has 0 fully saturated rings. The molecule has 0 saturated heterocycles. The first-order valence-corrected chi connectivity index (χ1v) is 4.56. The summed E-state index contributed by atoms with van der Waals surface area (Å²) in [5, 5.41) is 0. The fraction of sp³-hybridized carbons (Fsp3) is 0.100. The van der Waals surface area contributed by atoms with Crippen LogP contribution in [0.2, 0.25) is 0 Å². The molecule has 0 atom stereocenters. The highest BCUT2D eigenvalue weighted by Gasteiger charge is 2.04. The predicted octanol–water partition coefficient (Wildman–Crippen LogP) is 0.423. The molecular weight excluding hydrogens is 208 g/mol. The maximum Gasteiger partial charge on any atom is 0.316 e. The molecule has 0 aliphatic carbocycles. The van der Waals surface area contributed by atoms with Gasteiger partial charge in [0.2, 0.25) is 0 Å². The molecule has 2 aromatic heterocycles. The first-order chi connectivity index (χ1) is 7.70. The van der Waals surface area contributed by atoms with Crippen molar-refractivity contribution in [3.8, 4) is 17.3 Å². The van der Waals surface area contributed by atoms with Gasteiger partial charge in [-0.15, -0.1) is 0 Å². The van der Waals surface area contributed by atoms with E-state index >= 15 is 0 Å². The van der Waals surface area contributed by atoms with E-state index in [4.69, 9.17) is 10.5 Å². The van der Waals surface area contributed by atoms with Crippen LogP contribution >= 0.6 is 0 Å². The summed E-state index contributed by atoms with van der Waals surface area (Å²) in [5.41, 5.74) is 6.68. The molecule has 0 aliphatic rings. The molecule has 0 amide bonds.